The number of methoxy groups -OCH3 is 1. The summed E-state index contributed by atoms with van der Waals surface area (Å²) in [6, 6.07) is 14.4. The van der Waals surface area contributed by atoms with E-state index in [1.165, 1.54) is 0 Å². The summed E-state index contributed by atoms with van der Waals surface area (Å²) in [5.41, 5.74) is 1.67. The topological polar surface area (TPSA) is 71.9 Å². The number of likely N-dealkylation sites (N-methyl/N-ethyl adjacent to an activating group) is 1. The Morgan fingerprint density at radius 3 is 2.22 bits per heavy atom. The fourth-order valence-electron chi connectivity index (χ4n) is 2.51. The number of halogens is 1. The van der Waals surface area contributed by atoms with E-state index < -0.39 is 0 Å². The van der Waals surface area contributed by atoms with E-state index >= 15 is 0 Å². The van der Waals surface area contributed by atoms with E-state index in [1.807, 2.05) is 19.1 Å². The molecule has 0 aromatic heterocycles. The Morgan fingerprint density at radius 2 is 1.63 bits per heavy atom. The second-order valence-corrected chi connectivity index (χ2v) is 6.57. The van der Waals surface area contributed by atoms with E-state index in [4.69, 9.17) is 16.3 Å². The van der Waals surface area contributed by atoms with Gasteiger partial charge in [0.05, 0.1) is 13.7 Å². The number of amides is 2. The zero-order valence-electron chi connectivity index (χ0n) is 15.5. The van der Waals surface area contributed by atoms with Gasteiger partial charge in [-0.3, -0.25) is 9.59 Å². The van der Waals surface area contributed by atoms with Crippen molar-refractivity contribution in [3.8, 4) is 5.75 Å². The molecule has 0 fully saturated rings. The molecule has 0 aliphatic heterocycles. The summed E-state index contributed by atoms with van der Waals surface area (Å²) in [6.07, 6.45) is 0. The first-order valence-corrected chi connectivity index (χ1v) is 9.16. The summed E-state index contributed by atoms with van der Waals surface area (Å²) < 4.78 is 5.09. The highest BCUT2D eigenvalue weighted by Gasteiger charge is 2.16. The SMILES string of the molecule is CC[NH+](CC(=O)NCc1ccc(Cl)cc1)CC(=O)Nc1ccc(OC)cc1. The molecule has 0 saturated carbocycles. The van der Waals surface area contributed by atoms with E-state index in [-0.39, 0.29) is 24.9 Å². The lowest BCUT2D eigenvalue weighted by Crippen LogP contribution is -3.13. The zero-order chi connectivity index (χ0) is 19.6. The van der Waals surface area contributed by atoms with Gasteiger partial charge in [-0.2, -0.15) is 0 Å². The van der Waals surface area contributed by atoms with Gasteiger partial charge in [-0.1, -0.05) is 23.7 Å². The van der Waals surface area contributed by atoms with Crippen molar-refractivity contribution in [2.75, 3.05) is 32.1 Å². The normalized spacial score (nSPS) is 11.5. The number of nitrogens with one attached hydrogen (secondary N) is 3. The Balaban J connectivity index is 1.78. The van der Waals surface area contributed by atoms with Crippen LogP contribution >= 0.6 is 11.6 Å². The quantitative estimate of drug-likeness (QED) is 0.607. The molecule has 7 heteroatoms. The molecule has 1 atom stereocenters. The van der Waals surface area contributed by atoms with E-state index in [9.17, 15) is 9.59 Å². The molecule has 2 amide bonds. The molecule has 144 valence electrons. The van der Waals surface area contributed by atoms with Gasteiger partial charge in [0.25, 0.3) is 11.8 Å². The predicted molar refractivity (Wildman–Crippen MR) is 106 cm³/mol. The minimum Gasteiger partial charge on any atom is -0.497 e. The van der Waals surface area contributed by atoms with Gasteiger partial charge in [0, 0.05) is 17.3 Å². The summed E-state index contributed by atoms with van der Waals surface area (Å²) in [5, 5.41) is 6.37. The summed E-state index contributed by atoms with van der Waals surface area (Å²) in [5.74, 6) is 0.493. The molecule has 6 nitrogen and oxygen atoms in total. The molecule has 0 radical (unpaired) electrons. The number of rotatable bonds is 9. The van der Waals surface area contributed by atoms with Crippen molar-refractivity contribution in [1.82, 2.24) is 5.32 Å². The van der Waals surface area contributed by atoms with Crippen molar-refractivity contribution in [2.45, 2.75) is 13.5 Å². The van der Waals surface area contributed by atoms with Gasteiger partial charge in [-0.05, 0) is 48.9 Å². The minimum absolute atomic E-state index is 0.0981. The van der Waals surface area contributed by atoms with Crippen LogP contribution in [0.5, 0.6) is 5.75 Å². The second-order valence-electron chi connectivity index (χ2n) is 6.14. The van der Waals surface area contributed by atoms with Gasteiger partial charge in [0.15, 0.2) is 13.1 Å². The molecular weight excluding hydrogens is 366 g/mol. The van der Waals surface area contributed by atoms with E-state index in [0.29, 0.717) is 23.8 Å². The lowest BCUT2D eigenvalue weighted by Gasteiger charge is -2.17. The number of quaternary nitrogens is 1. The molecule has 2 aromatic rings. The number of hydrogen-bond donors (Lipinski definition) is 3. The first-order valence-electron chi connectivity index (χ1n) is 8.78. The third-order valence-electron chi connectivity index (χ3n) is 4.10. The van der Waals surface area contributed by atoms with Crippen molar-refractivity contribution in [2.24, 2.45) is 0 Å². The van der Waals surface area contributed by atoms with Crippen molar-refractivity contribution in [1.29, 1.82) is 0 Å². The van der Waals surface area contributed by atoms with E-state index in [0.717, 1.165) is 16.2 Å². The smallest absolute Gasteiger partial charge is 0.279 e. The first-order chi connectivity index (χ1) is 13.0. The average molecular weight is 391 g/mol. The van der Waals surface area contributed by atoms with Gasteiger partial charge in [-0.15, -0.1) is 0 Å². The molecular formula is C20H25ClN3O3+. The fraction of sp³-hybridized carbons (Fsp3) is 0.300. The van der Waals surface area contributed by atoms with Gasteiger partial charge < -0.3 is 20.3 Å². The van der Waals surface area contributed by atoms with Crippen LogP contribution in [0.15, 0.2) is 48.5 Å². The lowest BCUT2D eigenvalue weighted by molar-refractivity contribution is -0.881. The molecule has 27 heavy (non-hydrogen) atoms. The summed E-state index contributed by atoms with van der Waals surface area (Å²) in [7, 11) is 1.59. The van der Waals surface area contributed by atoms with Crippen molar-refractivity contribution >= 4 is 29.1 Å². The maximum atomic E-state index is 12.2. The average Bonchev–Trinajstić information content (AvgIpc) is 2.67. The van der Waals surface area contributed by atoms with Crippen LogP contribution in [-0.4, -0.2) is 38.6 Å². The number of carbonyl (C=O) groups excluding carboxylic acids is 2. The predicted octanol–water partition coefficient (Wildman–Crippen LogP) is 1.51. The maximum absolute atomic E-state index is 12.2. The van der Waals surface area contributed by atoms with Crippen LogP contribution in [-0.2, 0) is 16.1 Å². The molecule has 0 aliphatic carbocycles. The summed E-state index contributed by atoms with van der Waals surface area (Å²) in [4.78, 5) is 25.3. The molecule has 0 aliphatic rings. The van der Waals surface area contributed by atoms with Crippen molar-refractivity contribution < 1.29 is 19.2 Å². The van der Waals surface area contributed by atoms with Gasteiger partial charge in [0.1, 0.15) is 5.75 Å². The Morgan fingerprint density at radius 1 is 1.00 bits per heavy atom. The number of hydrogen-bond acceptors (Lipinski definition) is 3. The van der Waals surface area contributed by atoms with E-state index in [2.05, 4.69) is 10.6 Å². The van der Waals surface area contributed by atoms with Crippen LogP contribution in [0.4, 0.5) is 5.69 Å². The van der Waals surface area contributed by atoms with Crippen LogP contribution < -0.4 is 20.3 Å². The Labute approximate surface area is 164 Å². The van der Waals surface area contributed by atoms with Crippen LogP contribution in [0.2, 0.25) is 5.02 Å². The minimum atomic E-state index is -0.137. The largest absolute Gasteiger partial charge is 0.497 e. The molecule has 0 bridgehead atoms. The molecule has 3 N–H and O–H groups in total. The van der Waals surface area contributed by atoms with Crippen LogP contribution in [0, 0.1) is 0 Å². The Kier molecular flexibility index (Phi) is 8.10. The fourth-order valence-corrected chi connectivity index (χ4v) is 2.64. The first kappa shape index (κ1) is 20.7. The lowest BCUT2D eigenvalue weighted by atomic mass is 10.2. The molecule has 2 aromatic carbocycles. The Hall–Kier alpha value is -2.57. The number of ether oxygens (including phenoxy) is 1. The highest BCUT2D eigenvalue weighted by Crippen LogP contribution is 2.14. The van der Waals surface area contributed by atoms with Gasteiger partial charge in [0.2, 0.25) is 0 Å². The number of benzene rings is 2. The second kappa shape index (κ2) is 10.5. The summed E-state index contributed by atoms with van der Waals surface area (Å²) >= 11 is 5.85. The van der Waals surface area contributed by atoms with Gasteiger partial charge >= 0.3 is 0 Å². The molecule has 2 rings (SSSR count). The summed E-state index contributed by atoms with van der Waals surface area (Å²) in [6.45, 7) is 3.51. The third-order valence-corrected chi connectivity index (χ3v) is 4.35. The van der Waals surface area contributed by atoms with Crippen LogP contribution in [0.1, 0.15) is 12.5 Å². The van der Waals surface area contributed by atoms with E-state index in [1.54, 1.807) is 43.5 Å². The molecule has 0 heterocycles. The molecule has 0 saturated heterocycles. The molecule has 1 unspecified atom stereocenters. The molecule has 0 spiro atoms. The number of carbonyl (C=O) groups is 2. The highest BCUT2D eigenvalue weighted by molar-refractivity contribution is 6.30. The third kappa shape index (κ3) is 7.29. The van der Waals surface area contributed by atoms with Crippen LogP contribution in [0.25, 0.3) is 0 Å². The van der Waals surface area contributed by atoms with Crippen molar-refractivity contribution in [3.05, 3.63) is 59.1 Å². The standard InChI is InChI=1S/C20H24ClN3O3/c1-3-24(13-19(25)22-12-15-4-6-16(21)7-5-15)14-20(26)23-17-8-10-18(27-2)11-9-17/h4-11H,3,12-14H2,1-2H3,(H,22,25)(H,23,26)/p+1. The van der Waals surface area contributed by atoms with Gasteiger partial charge in [-0.25, -0.2) is 0 Å². The number of anilines is 1. The maximum Gasteiger partial charge on any atom is 0.279 e. The van der Waals surface area contributed by atoms with Crippen molar-refractivity contribution in [3.63, 3.8) is 0 Å². The van der Waals surface area contributed by atoms with Crippen LogP contribution in [0.3, 0.4) is 0 Å². The Bertz CT molecular complexity index is 748. The zero-order valence-corrected chi connectivity index (χ0v) is 16.3. The monoisotopic (exact) mass is 390 g/mol. The highest BCUT2D eigenvalue weighted by atomic mass is 35.5.